The molecule has 6 heteroatoms. The zero-order chi connectivity index (χ0) is 25.7. The molecule has 1 aliphatic rings. The Morgan fingerprint density at radius 1 is 0.444 bits per heavy atom. The Morgan fingerprint density at radius 3 is 0.861 bits per heavy atom. The second kappa shape index (κ2) is 11.8. The average Bonchev–Trinajstić information content (AvgIpc) is 2.92. The Labute approximate surface area is 216 Å². The summed E-state index contributed by atoms with van der Waals surface area (Å²) >= 11 is 0. The number of methoxy groups -OCH3 is 3. The fraction of sp³-hybridized carbons (Fsp3) is 0.400. The molecule has 1 aliphatic heterocycles. The first-order chi connectivity index (χ1) is 17.4. The number of ether oxygens (including phenoxy) is 3. The maximum atomic E-state index is 5.37. The summed E-state index contributed by atoms with van der Waals surface area (Å²) in [7, 11) is 5.12. The van der Waals surface area contributed by atoms with E-state index in [0.29, 0.717) is 0 Å². The third kappa shape index (κ3) is 5.84. The van der Waals surface area contributed by atoms with E-state index in [2.05, 4.69) is 71.9 Å². The molecule has 6 nitrogen and oxygen atoms in total. The summed E-state index contributed by atoms with van der Waals surface area (Å²) < 4.78 is 16.1. The van der Waals surface area contributed by atoms with E-state index in [1.165, 1.54) is 16.7 Å². The van der Waals surface area contributed by atoms with Gasteiger partial charge in [-0.1, -0.05) is 36.4 Å². The normalized spacial score (nSPS) is 21.3. The minimum Gasteiger partial charge on any atom is -0.497 e. The molecule has 1 heterocycles. The molecule has 1 saturated heterocycles. The standard InChI is InChI=1S/C30H39N3O3/c1-22-31(19-25-7-13-28(34-4)14-8-25)23(2)33(21-27-11-17-30(36-6)18-12-27)24(3)32(22)20-26-9-15-29(35-5)16-10-26/h7-18,22-24H,19-21H2,1-6H3. The molecule has 0 aliphatic carbocycles. The lowest BCUT2D eigenvalue weighted by molar-refractivity contribution is -0.168. The molecule has 0 atom stereocenters. The average molecular weight is 490 g/mol. The van der Waals surface area contributed by atoms with Crippen LogP contribution in [0.1, 0.15) is 37.5 Å². The van der Waals surface area contributed by atoms with Crippen LogP contribution in [0, 0.1) is 0 Å². The van der Waals surface area contributed by atoms with Crippen molar-refractivity contribution >= 4 is 0 Å². The highest BCUT2D eigenvalue weighted by Crippen LogP contribution is 2.31. The van der Waals surface area contributed by atoms with Crippen LogP contribution in [-0.4, -0.2) is 54.5 Å². The van der Waals surface area contributed by atoms with E-state index in [1.807, 2.05) is 36.4 Å². The molecule has 36 heavy (non-hydrogen) atoms. The lowest BCUT2D eigenvalue weighted by Gasteiger charge is -2.55. The van der Waals surface area contributed by atoms with E-state index in [0.717, 1.165) is 36.9 Å². The van der Waals surface area contributed by atoms with Crippen LogP contribution in [0.4, 0.5) is 0 Å². The number of benzene rings is 3. The monoisotopic (exact) mass is 489 g/mol. The molecule has 0 unspecified atom stereocenters. The second-order valence-corrected chi connectivity index (χ2v) is 9.46. The molecule has 0 spiro atoms. The summed E-state index contributed by atoms with van der Waals surface area (Å²) in [6.45, 7) is 9.55. The second-order valence-electron chi connectivity index (χ2n) is 9.46. The van der Waals surface area contributed by atoms with Crippen molar-refractivity contribution in [1.82, 2.24) is 14.7 Å². The highest BCUT2D eigenvalue weighted by Gasteiger charge is 2.40. The smallest absolute Gasteiger partial charge is 0.118 e. The molecule has 0 aromatic heterocycles. The maximum absolute atomic E-state index is 5.37. The van der Waals surface area contributed by atoms with Crippen LogP contribution in [0.5, 0.6) is 17.2 Å². The van der Waals surface area contributed by atoms with Crippen LogP contribution in [-0.2, 0) is 19.6 Å². The lowest BCUT2D eigenvalue weighted by Crippen LogP contribution is -2.67. The third-order valence-electron chi connectivity index (χ3n) is 7.45. The van der Waals surface area contributed by atoms with Crippen LogP contribution >= 0.6 is 0 Å². The Bertz CT molecular complexity index is 932. The summed E-state index contributed by atoms with van der Waals surface area (Å²) in [5, 5.41) is 0. The molecule has 0 amide bonds. The molecule has 1 fully saturated rings. The van der Waals surface area contributed by atoms with Crippen molar-refractivity contribution in [2.24, 2.45) is 0 Å². The van der Waals surface area contributed by atoms with Gasteiger partial charge in [-0.25, -0.2) is 0 Å². The summed E-state index contributed by atoms with van der Waals surface area (Å²) in [6, 6.07) is 25.2. The van der Waals surface area contributed by atoms with Gasteiger partial charge in [-0.2, -0.15) is 0 Å². The Kier molecular flexibility index (Phi) is 8.52. The van der Waals surface area contributed by atoms with Crippen LogP contribution in [0.15, 0.2) is 72.8 Å². The van der Waals surface area contributed by atoms with E-state index in [1.54, 1.807) is 21.3 Å². The molecular weight excluding hydrogens is 450 g/mol. The van der Waals surface area contributed by atoms with Crippen molar-refractivity contribution in [3.8, 4) is 17.2 Å². The van der Waals surface area contributed by atoms with E-state index < -0.39 is 0 Å². The van der Waals surface area contributed by atoms with Gasteiger partial charge in [-0.05, 0) is 73.9 Å². The highest BCUT2D eigenvalue weighted by molar-refractivity contribution is 5.29. The van der Waals surface area contributed by atoms with Crippen LogP contribution in [0.2, 0.25) is 0 Å². The molecular formula is C30H39N3O3. The van der Waals surface area contributed by atoms with Gasteiger partial charge in [0.2, 0.25) is 0 Å². The largest absolute Gasteiger partial charge is 0.497 e. The van der Waals surface area contributed by atoms with Crippen LogP contribution < -0.4 is 14.2 Å². The quantitative estimate of drug-likeness (QED) is 0.391. The van der Waals surface area contributed by atoms with Gasteiger partial charge in [0.1, 0.15) is 17.2 Å². The first-order valence-corrected chi connectivity index (χ1v) is 12.6. The third-order valence-corrected chi connectivity index (χ3v) is 7.45. The van der Waals surface area contributed by atoms with E-state index in [4.69, 9.17) is 14.2 Å². The number of hydrogen-bond acceptors (Lipinski definition) is 6. The van der Waals surface area contributed by atoms with Crippen molar-refractivity contribution in [1.29, 1.82) is 0 Å². The van der Waals surface area contributed by atoms with Gasteiger partial charge in [0.15, 0.2) is 0 Å². The van der Waals surface area contributed by atoms with Gasteiger partial charge in [0.25, 0.3) is 0 Å². The molecule has 0 N–H and O–H groups in total. The molecule has 192 valence electrons. The van der Waals surface area contributed by atoms with E-state index in [9.17, 15) is 0 Å². The van der Waals surface area contributed by atoms with Gasteiger partial charge in [0, 0.05) is 19.6 Å². The zero-order valence-electron chi connectivity index (χ0n) is 22.3. The summed E-state index contributed by atoms with van der Waals surface area (Å²) in [5.41, 5.74) is 3.83. The maximum Gasteiger partial charge on any atom is 0.118 e. The number of rotatable bonds is 9. The van der Waals surface area contributed by atoms with Crippen molar-refractivity contribution in [2.75, 3.05) is 21.3 Å². The first-order valence-electron chi connectivity index (χ1n) is 12.6. The first kappa shape index (κ1) is 26.0. The topological polar surface area (TPSA) is 37.4 Å². The summed E-state index contributed by atoms with van der Waals surface area (Å²) in [4.78, 5) is 7.73. The van der Waals surface area contributed by atoms with Gasteiger partial charge in [0.05, 0.1) is 39.8 Å². The Balaban J connectivity index is 1.61. The minimum absolute atomic E-state index is 0.256. The Morgan fingerprint density at radius 2 is 0.667 bits per heavy atom. The van der Waals surface area contributed by atoms with Gasteiger partial charge < -0.3 is 14.2 Å². The molecule has 0 bridgehead atoms. The predicted octanol–water partition coefficient (Wildman–Crippen LogP) is 5.57. The van der Waals surface area contributed by atoms with Gasteiger partial charge in [-0.3, -0.25) is 14.7 Å². The molecule has 4 rings (SSSR count). The van der Waals surface area contributed by atoms with E-state index in [-0.39, 0.29) is 18.5 Å². The van der Waals surface area contributed by atoms with Crippen molar-refractivity contribution in [2.45, 2.75) is 58.9 Å². The molecule has 3 aromatic rings. The van der Waals surface area contributed by atoms with Crippen LogP contribution in [0.25, 0.3) is 0 Å². The molecule has 0 radical (unpaired) electrons. The predicted molar refractivity (Wildman–Crippen MR) is 144 cm³/mol. The zero-order valence-corrected chi connectivity index (χ0v) is 22.3. The minimum atomic E-state index is 0.256. The fourth-order valence-electron chi connectivity index (χ4n) is 5.13. The number of hydrogen-bond donors (Lipinski definition) is 0. The van der Waals surface area contributed by atoms with Crippen molar-refractivity contribution in [3.05, 3.63) is 89.5 Å². The van der Waals surface area contributed by atoms with Gasteiger partial charge >= 0.3 is 0 Å². The van der Waals surface area contributed by atoms with Crippen molar-refractivity contribution in [3.63, 3.8) is 0 Å². The molecule has 3 aromatic carbocycles. The van der Waals surface area contributed by atoms with Crippen molar-refractivity contribution < 1.29 is 14.2 Å². The number of nitrogens with zero attached hydrogens (tertiary/aromatic N) is 3. The van der Waals surface area contributed by atoms with Gasteiger partial charge in [-0.15, -0.1) is 0 Å². The van der Waals surface area contributed by atoms with Crippen LogP contribution in [0.3, 0.4) is 0 Å². The highest BCUT2D eigenvalue weighted by atomic mass is 16.5. The Hall–Kier alpha value is -3.06. The van der Waals surface area contributed by atoms with E-state index >= 15 is 0 Å². The molecule has 0 saturated carbocycles. The summed E-state index contributed by atoms with van der Waals surface area (Å²) in [5.74, 6) is 2.65. The SMILES string of the molecule is COc1ccc(CN2C(C)N(Cc3ccc(OC)cc3)C(C)N(Cc3ccc(OC)cc3)C2C)cc1. The lowest BCUT2D eigenvalue weighted by atomic mass is 10.1. The summed E-state index contributed by atoms with van der Waals surface area (Å²) in [6.07, 6.45) is 0.768. The fourth-order valence-corrected chi connectivity index (χ4v) is 5.13.